The van der Waals surface area contributed by atoms with Crippen molar-refractivity contribution < 1.29 is 42.3 Å². The maximum Gasteiger partial charge on any atom is 0.231 e. The molecule has 27 heavy (non-hydrogen) atoms. The van der Waals surface area contributed by atoms with Crippen molar-refractivity contribution in [2.24, 2.45) is 5.92 Å². The smallest absolute Gasteiger partial charge is 0.231 e. The number of benzene rings is 2. The van der Waals surface area contributed by atoms with Gasteiger partial charge in [0.2, 0.25) is 6.79 Å². The number of nitrogens with zero attached hydrogens (tertiary/aromatic N) is 1. The molecule has 5 heteroatoms. The van der Waals surface area contributed by atoms with Crippen molar-refractivity contribution in [2.45, 2.75) is 25.2 Å². The average Bonchev–Trinajstić information content (AvgIpc) is 3.08. The Morgan fingerprint density at radius 3 is 2.56 bits per heavy atom. The van der Waals surface area contributed by atoms with Gasteiger partial charge in [0.25, 0.3) is 0 Å². The van der Waals surface area contributed by atoms with Crippen LogP contribution in [0.2, 0.25) is 0 Å². The second-order valence-corrected chi connectivity index (χ2v) is 8.28. The predicted molar refractivity (Wildman–Crippen MR) is 100.0 cm³/mol. The summed E-state index contributed by atoms with van der Waals surface area (Å²) in [6, 6.07) is 13.4. The maximum atomic E-state index is 13.3. The third kappa shape index (κ3) is 4.74. The molecule has 146 valence electrons. The number of hydrogen-bond donors (Lipinski definition) is 0. The van der Waals surface area contributed by atoms with Crippen LogP contribution in [0.3, 0.4) is 0 Å². The standard InChI is InChI=1S/C22H27FNO2.HI/c1-24(2)12-11-20(17-6-8-19(23)9-7-17)18(14-24)5-3-16-4-10-21-22(13-16)26-15-25-21;/h4,6-10,13,18,20H,3,5,11-12,14-15H2,1-2H3;1H/q+1;/p-1/t18-,20+;/m1./s1. The minimum absolute atomic E-state index is 0. The zero-order valence-electron chi connectivity index (χ0n) is 16.0. The molecule has 2 heterocycles. The molecule has 1 saturated heterocycles. The Morgan fingerprint density at radius 2 is 1.78 bits per heavy atom. The van der Waals surface area contributed by atoms with Gasteiger partial charge in [-0.2, -0.15) is 0 Å². The van der Waals surface area contributed by atoms with Crippen LogP contribution in [-0.2, 0) is 6.42 Å². The fourth-order valence-corrected chi connectivity index (χ4v) is 4.47. The molecule has 0 bridgehead atoms. The lowest BCUT2D eigenvalue weighted by Crippen LogP contribution is -3.00. The molecule has 2 aliphatic heterocycles. The first-order valence-electron chi connectivity index (χ1n) is 9.46. The molecule has 0 aliphatic carbocycles. The Bertz CT molecular complexity index is 778. The summed E-state index contributed by atoms with van der Waals surface area (Å²) in [7, 11) is 4.63. The van der Waals surface area contributed by atoms with E-state index in [4.69, 9.17) is 9.47 Å². The highest BCUT2D eigenvalue weighted by atomic mass is 127. The first kappa shape index (κ1) is 20.4. The Morgan fingerprint density at radius 1 is 1.04 bits per heavy atom. The molecule has 0 saturated carbocycles. The molecule has 0 aromatic heterocycles. The van der Waals surface area contributed by atoms with Crippen LogP contribution in [0, 0.1) is 11.7 Å². The lowest BCUT2D eigenvalue weighted by atomic mass is 9.77. The summed E-state index contributed by atoms with van der Waals surface area (Å²) in [5.41, 5.74) is 2.57. The minimum atomic E-state index is -0.155. The molecule has 3 nitrogen and oxygen atoms in total. The van der Waals surface area contributed by atoms with Crippen molar-refractivity contribution in [1.82, 2.24) is 0 Å². The minimum Gasteiger partial charge on any atom is -1.00 e. The van der Waals surface area contributed by atoms with Gasteiger partial charge in [0.05, 0.1) is 27.2 Å². The first-order chi connectivity index (χ1) is 12.5. The van der Waals surface area contributed by atoms with Crippen LogP contribution in [-0.4, -0.2) is 38.5 Å². The highest BCUT2D eigenvalue weighted by molar-refractivity contribution is 5.44. The quantitative estimate of drug-likeness (QED) is 0.484. The second-order valence-electron chi connectivity index (χ2n) is 8.28. The number of piperidine rings is 1. The summed E-state index contributed by atoms with van der Waals surface area (Å²) in [5.74, 6) is 2.65. The molecular weight excluding hydrogens is 456 g/mol. The highest BCUT2D eigenvalue weighted by Gasteiger charge is 2.35. The Hall–Kier alpha value is -1.34. The van der Waals surface area contributed by atoms with E-state index in [-0.39, 0.29) is 29.8 Å². The Labute approximate surface area is 178 Å². The molecule has 4 rings (SSSR count). The van der Waals surface area contributed by atoms with Crippen LogP contribution in [0.5, 0.6) is 11.5 Å². The summed E-state index contributed by atoms with van der Waals surface area (Å²) in [5, 5.41) is 0. The molecule has 2 aliphatic rings. The van der Waals surface area contributed by atoms with Crippen LogP contribution in [0.1, 0.15) is 29.9 Å². The van der Waals surface area contributed by atoms with Gasteiger partial charge in [-0.3, -0.25) is 0 Å². The number of ether oxygens (including phenoxy) is 2. The van der Waals surface area contributed by atoms with E-state index < -0.39 is 0 Å². The summed E-state index contributed by atoms with van der Waals surface area (Å²) in [6.45, 7) is 2.65. The zero-order valence-corrected chi connectivity index (χ0v) is 18.1. The SMILES string of the molecule is C[N+]1(C)CC[C@@H](c2ccc(F)cc2)[C@H](CCc2ccc3c(c2)OCO3)C1.[I-]. The van der Waals surface area contributed by atoms with Crippen molar-refractivity contribution in [1.29, 1.82) is 0 Å². The number of rotatable bonds is 4. The number of halogens is 2. The van der Waals surface area contributed by atoms with Crippen molar-refractivity contribution in [3.63, 3.8) is 0 Å². The maximum absolute atomic E-state index is 13.3. The van der Waals surface area contributed by atoms with E-state index in [1.807, 2.05) is 18.2 Å². The largest absolute Gasteiger partial charge is 1.00 e. The average molecular weight is 483 g/mol. The van der Waals surface area contributed by atoms with Gasteiger partial charge in [0.1, 0.15) is 5.82 Å². The number of likely N-dealkylation sites (tertiary alicyclic amines) is 1. The lowest BCUT2D eigenvalue weighted by molar-refractivity contribution is -0.899. The number of aryl methyl sites for hydroxylation is 1. The molecular formula is C22H27FINO2. The zero-order chi connectivity index (χ0) is 18.1. The molecule has 0 unspecified atom stereocenters. The molecule has 0 spiro atoms. The summed E-state index contributed by atoms with van der Waals surface area (Å²) >= 11 is 0. The third-order valence-electron chi connectivity index (χ3n) is 5.88. The van der Waals surface area contributed by atoms with Crippen molar-refractivity contribution in [2.75, 3.05) is 34.0 Å². The molecule has 0 radical (unpaired) electrons. The second kappa shape index (κ2) is 8.35. The molecule has 2 aromatic carbocycles. The van der Waals surface area contributed by atoms with E-state index in [0.717, 1.165) is 41.8 Å². The van der Waals surface area contributed by atoms with Crippen LogP contribution >= 0.6 is 0 Å². The van der Waals surface area contributed by atoms with Gasteiger partial charge in [-0.15, -0.1) is 0 Å². The fraction of sp³-hybridized carbons (Fsp3) is 0.455. The van der Waals surface area contributed by atoms with Gasteiger partial charge >= 0.3 is 0 Å². The summed E-state index contributed by atoms with van der Waals surface area (Å²) in [4.78, 5) is 0. The van der Waals surface area contributed by atoms with Crippen molar-refractivity contribution in [3.05, 3.63) is 59.4 Å². The van der Waals surface area contributed by atoms with E-state index >= 15 is 0 Å². The normalized spacial score (nSPS) is 22.9. The Balaban J connectivity index is 0.00000210. The molecule has 2 aromatic rings. The molecule has 2 atom stereocenters. The van der Waals surface area contributed by atoms with Crippen LogP contribution in [0.15, 0.2) is 42.5 Å². The number of quaternary nitrogens is 1. The van der Waals surface area contributed by atoms with Crippen molar-refractivity contribution >= 4 is 0 Å². The van der Waals surface area contributed by atoms with Gasteiger partial charge in [-0.1, -0.05) is 18.2 Å². The van der Waals surface area contributed by atoms with Crippen molar-refractivity contribution in [3.8, 4) is 11.5 Å². The van der Waals surface area contributed by atoms with E-state index in [1.54, 1.807) is 12.1 Å². The molecule has 0 amide bonds. The van der Waals surface area contributed by atoms with Gasteiger partial charge in [0, 0.05) is 12.3 Å². The number of fused-ring (bicyclic) bond motifs is 1. The van der Waals surface area contributed by atoms with Gasteiger partial charge in [-0.25, -0.2) is 4.39 Å². The highest BCUT2D eigenvalue weighted by Crippen LogP contribution is 2.38. The van der Waals surface area contributed by atoms with E-state index in [1.165, 1.54) is 17.7 Å². The van der Waals surface area contributed by atoms with Gasteiger partial charge in [0.15, 0.2) is 11.5 Å². The van der Waals surface area contributed by atoms with Crippen LogP contribution < -0.4 is 33.5 Å². The first-order valence-corrected chi connectivity index (χ1v) is 9.46. The van der Waals surface area contributed by atoms with E-state index in [2.05, 4.69) is 26.2 Å². The fourth-order valence-electron chi connectivity index (χ4n) is 4.47. The molecule has 1 fully saturated rings. The van der Waals surface area contributed by atoms with Crippen LogP contribution in [0.4, 0.5) is 4.39 Å². The molecule has 0 N–H and O–H groups in total. The third-order valence-corrected chi connectivity index (χ3v) is 5.88. The topological polar surface area (TPSA) is 18.5 Å². The van der Waals surface area contributed by atoms with E-state index in [0.29, 0.717) is 18.6 Å². The monoisotopic (exact) mass is 483 g/mol. The Kier molecular flexibility index (Phi) is 6.31. The lowest BCUT2D eigenvalue weighted by Gasteiger charge is -2.43. The van der Waals surface area contributed by atoms with Gasteiger partial charge < -0.3 is 37.9 Å². The number of hydrogen-bond acceptors (Lipinski definition) is 2. The summed E-state index contributed by atoms with van der Waals surface area (Å²) < 4.78 is 25.3. The summed E-state index contributed by atoms with van der Waals surface area (Å²) in [6.07, 6.45) is 3.31. The van der Waals surface area contributed by atoms with E-state index in [9.17, 15) is 4.39 Å². The van der Waals surface area contributed by atoms with Gasteiger partial charge in [-0.05, 0) is 54.2 Å². The predicted octanol–water partition coefficient (Wildman–Crippen LogP) is 1.37. The van der Waals surface area contributed by atoms with Crippen LogP contribution in [0.25, 0.3) is 0 Å².